The number of nitrogens with two attached hydrogens (primary N) is 1. The molecule has 0 saturated carbocycles. The number of nitrogens with zero attached hydrogens (tertiary/aromatic N) is 2. The van der Waals surface area contributed by atoms with Crippen LogP contribution in [0.3, 0.4) is 0 Å². The molecule has 0 atom stereocenters. The molecule has 2 heterocycles. The summed E-state index contributed by atoms with van der Waals surface area (Å²) in [5.74, 6) is -0.459. The second-order valence-electron chi connectivity index (χ2n) is 6.08. The zero-order valence-electron chi connectivity index (χ0n) is 14.5. The summed E-state index contributed by atoms with van der Waals surface area (Å²) in [6.07, 6.45) is 3.40. The van der Waals surface area contributed by atoms with Crippen molar-refractivity contribution in [3.05, 3.63) is 82.0 Å². The minimum Gasteiger partial charge on any atom is -0.365 e. The van der Waals surface area contributed by atoms with Gasteiger partial charge in [0.25, 0.3) is 11.6 Å². The molecular weight excluding hydrogens is 376 g/mol. The molecule has 0 radical (unpaired) electrons. The van der Waals surface area contributed by atoms with Crippen LogP contribution in [0.1, 0.15) is 9.67 Å². The maximum atomic E-state index is 11.4. The third-order valence-electron chi connectivity index (χ3n) is 4.26. The van der Waals surface area contributed by atoms with Crippen molar-refractivity contribution in [3.8, 4) is 11.1 Å². The Hall–Kier alpha value is -3.78. The van der Waals surface area contributed by atoms with E-state index >= 15 is 0 Å². The number of hydrogen-bond acceptors (Lipinski definition) is 6. The van der Waals surface area contributed by atoms with E-state index in [-0.39, 0.29) is 5.69 Å². The van der Waals surface area contributed by atoms with Crippen molar-refractivity contribution < 1.29 is 9.72 Å². The van der Waals surface area contributed by atoms with Gasteiger partial charge < -0.3 is 11.1 Å². The number of nitro benzene ring substituents is 1. The number of pyridine rings is 1. The summed E-state index contributed by atoms with van der Waals surface area (Å²) < 4.78 is 0.876. The van der Waals surface area contributed by atoms with Gasteiger partial charge >= 0.3 is 0 Å². The van der Waals surface area contributed by atoms with E-state index in [1.165, 1.54) is 23.5 Å². The van der Waals surface area contributed by atoms with Gasteiger partial charge in [-0.1, -0.05) is 12.1 Å². The molecule has 0 aliphatic rings. The Balaban J connectivity index is 1.59. The molecule has 0 bridgehead atoms. The van der Waals surface area contributed by atoms with Crippen LogP contribution in [0.25, 0.3) is 21.2 Å². The number of non-ortho nitro benzene ring substituents is 1. The third kappa shape index (κ3) is 3.40. The Kier molecular flexibility index (Phi) is 4.46. The monoisotopic (exact) mass is 390 g/mol. The van der Waals surface area contributed by atoms with E-state index in [4.69, 9.17) is 5.73 Å². The molecule has 2 aromatic heterocycles. The minimum absolute atomic E-state index is 0.0636. The summed E-state index contributed by atoms with van der Waals surface area (Å²) >= 11 is 1.31. The lowest BCUT2D eigenvalue weighted by Gasteiger charge is -2.08. The Morgan fingerprint density at radius 1 is 1.04 bits per heavy atom. The average Bonchev–Trinajstić information content (AvgIpc) is 3.14. The molecule has 0 unspecified atom stereocenters. The lowest BCUT2D eigenvalue weighted by Crippen LogP contribution is -2.08. The first kappa shape index (κ1) is 17.6. The van der Waals surface area contributed by atoms with Crippen molar-refractivity contribution in [2.24, 2.45) is 5.73 Å². The summed E-state index contributed by atoms with van der Waals surface area (Å²) in [5, 5.41) is 15.0. The van der Waals surface area contributed by atoms with E-state index < -0.39 is 10.8 Å². The largest absolute Gasteiger partial charge is 0.365 e. The highest BCUT2D eigenvalue weighted by Crippen LogP contribution is 2.32. The zero-order valence-corrected chi connectivity index (χ0v) is 15.3. The number of nitrogens with one attached hydrogen (secondary N) is 1. The number of carbonyl (C=O) groups excluding carboxylic acids is 1. The fraction of sp³-hybridized carbons (Fsp3) is 0. The molecule has 2 aromatic carbocycles. The van der Waals surface area contributed by atoms with Gasteiger partial charge in [0.15, 0.2) is 0 Å². The fourth-order valence-corrected chi connectivity index (χ4v) is 3.77. The molecule has 1 amide bonds. The van der Waals surface area contributed by atoms with Gasteiger partial charge in [0.05, 0.1) is 26.4 Å². The highest BCUT2D eigenvalue weighted by atomic mass is 32.1. The van der Waals surface area contributed by atoms with Crippen LogP contribution in [-0.2, 0) is 0 Å². The van der Waals surface area contributed by atoms with Crippen LogP contribution in [0, 0.1) is 10.1 Å². The van der Waals surface area contributed by atoms with Gasteiger partial charge in [-0.2, -0.15) is 0 Å². The van der Waals surface area contributed by atoms with Gasteiger partial charge in [0, 0.05) is 29.4 Å². The molecule has 8 heteroatoms. The van der Waals surface area contributed by atoms with Crippen molar-refractivity contribution in [1.82, 2.24) is 4.98 Å². The predicted octanol–water partition coefficient (Wildman–Crippen LogP) is 4.71. The normalized spacial score (nSPS) is 10.7. The van der Waals surface area contributed by atoms with Crippen LogP contribution >= 0.6 is 11.3 Å². The summed E-state index contributed by atoms with van der Waals surface area (Å²) in [4.78, 5) is 26.5. The number of anilines is 2. The average molecular weight is 390 g/mol. The van der Waals surface area contributed by atoms with E-state index in [1.807, 2.05) is 24.3 Å². The molecule has 0 fully saturated rings. The van der Waals surface area contributed by atoms with Crippen LogP contribution in [0.5, 0.6) is 0 Å². The maximum absolute atomic E-state index is 11.4. The first-order valence-corrected chi connectivity index (χ1v) is 9.12. The number of amides is 1. The summed E-state index contributed by atoms with van der Waals surface area (Å²) in [7, 11) is 0. The number of hydrogen-bond donors (Lipinski definition) is 2. The topological polar surface area (TPSA) is 111 Å². The second-order valence-corrected chi connectivity index (χ2v) is 7.16. The van der Waals surface area contributed by atoms with Crippen molar-refractivity contribution in [2.75, 3.05) is 5.32 Å². The number of fused-ring (bicyclic) bond motifs is 1. The highest BCUT2D eigenvalue weighted by Gasteiger charge is 2.11. The van der Waals surface area contributed by atoms with Gasteiger partial charge in [-0.25, -0.2) is 0 Å². The number of nitro groups is 1. The fourth-order valence-electron chi connectivity index (χ4n) is 2.86. The van der Waals surface area contributed by atoms with E-state index in [1.54, 1.807) is 30.6 Å². The van der Waals surface area contributed by atoms with Crippen LogP contribution < -0.4 is 11.1 Å². The smallest absolute Gasteiger partial charge is 0.269 e. The maximum Gasteiger partial charge on any atom is 0.269 e. The number of thiophene rings is 1. The van der Waals surface area contributed by atoms with Crippen molar-refractivity contribution in [1.29, 1.82) is 0 Å². The van der Waals surface area contributed by atoms with Gasteiger partial charge in [-0.3, -0.25) is 19.9 Å². The summed E-state index contributed by atoms with van der Waals surface area (Å²) in [6.45, 7) is 0. The van der Waals surface area contributed by atoms with Gasteiger partial charge in [0.1, 0.15) is 0 Å². The van der Waals surface area contributed by atoms with E-state index in [2.05, 4.69) is 10.3 Å². The zero-order chi connectivity index (χ0) is 19.7. The van der Waals surface area contributed by atoms with Crippen molar-refractivity contribution in [3.63, 3.8) is 0 Å². The SMILES string of the molecule is NC(=O)c1cc2c(Nc3ccc(-c4ccc([N+](=O)[O-])cc4)cc3)cncc2s1. The summed E-state index contributed by atoms with van der Waals surface area (Å²) in [6, 6.07) is 15.9. The third-order valence-corrected chi connectivity index (χ3v) is 5.35. The van der Waals surface area contributed by atoms with Crippen molar-refractivity contribution >= 4 is 44.4 Å². The number of aromatic nitrogens is 1. The van der Waals surface area contributed by atoms with E-state index in [9.17, 15) is 14.9 Å². The van der Waals surface area contributed by atoms with Gasteiger partial charge in [-0.05, 0) is 41.5 Å². The first-order valence-electron chi connectivity index (χ1n) is 8.30. The molecule has 0 spiro atoms. The van der Waals surface area contributed by atoms with E-state index in [0.717, 1.165) is 32.6 Å². The van der Waals surface area contributed by atoms with Gasteiger partial charge in [0.2, 0.25) is 0 Å². The number of rotatable bonds is 5. The van der Waals surface area contributed by atoms with Crippen LogP contribution in [0.4, 0.5) is 17.1 Å². The molecule has 0 saturated heterocycles. The molecule has 4 aromatic rings. The molecule has 7 nitrogen and oxygen atoms in total. The lowest BCUT2D eigenvalue weighted by atomic mass is 10.0. The molecule has 0 aliphatic heterocycles. The Bertz CT molecular complexity index is 1180. The number of carbonyl (C=O) groups is 1. The lowest BCUT2D eigenvalue weighted by molar-refractivity contribution is -0.384. The quantitative estimate of drug-likeness (QED) is 0.378. The number of benzene rings is 2. The number of primary amides is 1. The molecule has 138 valence electrons. The molecule has 28 heavy (non-hydrogen) atoms. The Morgan fingerprint density at radius 2 is 1.68 bits per heavy atom. The van der Waals surface area contributed by atoms with Crippen LogP contribution in [0.2, 0.25) is 0 Å². The highest BCUT2D eigenvalue weighted by molar-refractivity contribution is 7.20. The van der Waals surface area contributed by atoms with Crippen LogP contribution in [0.15, 0.2) is 67.0 Å². The van der Waals surface area contributed by atoms with Crippen LogP contribution in [-0.4, -0.2) is 15.8 Å². The molecule has 4 rings (SSSR count). The van der Waals surface area contributed by atoms with Gasteiger partial charge in [-0.15, -0.1) is 11.3 Å². The standard InChI is InChI=1S/C20H14N4O3S/c21-20(25)18-9-16-17(10-22-11-19(16)28-18)23-14-5-1-12(2-6-14)13-3-7-15(8-4-13)24(26)27/h1-11,23H,(H2,21,25). The van der Waals surface area contributed by atoms with Crippen molar-refractivity contribution in [2.45, 2.75) is 0 Å². The first-order chi connectivity index (χ1) is 13.5. The second kappa shape index (κ2) is 7.09. The van der Waals surface area contributed by atoms with E-state index in [0.29, 0.717) is 4.88 Å². The molecule has 3 N–H and O–H groups in total. The summed E-state index contributed by atoms with van der Waals surface area (Å²) in [5.41, 5.74) is 8.91. The predicted molar refractivity (Wildman–Crippen MR) is 110 cm³/mol. The Morgan fingerprint density at radius 3 is 2.29 bits per heavy atom. The molecular formula is C20H14N4O3S. The minimum atomic E-state index is -0.459. The Labute approximate surface area is 163 Å². The molecule has 0 aliphatic carbocycles.